The van der Waals surface area contributed by atoms with Gasteiger partial charge in [-0.1, -0.05) is 12.1 Å². The van der Waals surface area contributed by atoms with Crippen LogP contribution < -0.4 is 5.32 Å². The van der Waals surface area contributed by atoms with Gasteiger partial charge in [0.1, 0.15) is 11.3 Å². The molecule has 0 aliphatic carbocycles. The van der Waals surface area contributed by atoms with Crippen molar-refractivity contribution in [3.05, 3.63) is 36.2 Å². The number of nitrogens with zero attached hydrogens (tertiary/aromatic N) is 3. The summed E-state index contributed by atoms with van der Waals surface area (Å²) in [6.45, 7) is 5.30. The van der Waals surface area contributed by atoms with E-state index in [0.29, 0.717) is 11.9 Å². The standard InChI is InChI=1S/C16H16N4O3/c1-16(2,3)23-15(22)19-13-14-18-11-6-4-5-7-12(11)20(14)8-10(9-21)17-13/h4-9H,1-3H3,(H,17,19,22). The van der Waals surface area contributed by atoms with Crippen LogP contribution in [0.3, 0.4) is 0 Å². The van der Waals surface area contributed by atoms with Crippen molar-refractivity contribution in [3.8, 4) is 0 Å². The molecule has 0 spiro atoms. The molecule has 1 N–H and O–H groups in total. The van der Waals surface area contributed by atoms with E-state index in [4.69, 9.17) is 4.74 Å². The van der Waals surface area contributed by atoms with Crippen molar-refractivity contribution < 1.29 is 14.3 Å². The molecule has 1 amide bonds. The number of aldehydes is 1. The van der Waals surface area contributed by atoms with E-state index in [1.807, 2.05) is 24.3 Å². The fourth-order valence-corrected chi connectivity index (χ4v) is 2.22. The Morgan fingerprint density at radius 1 is 1.26 bits per heavy atom. The fraction of sp³-hybridized carbons (Fsp3) is 0.250. The first-order chi connectivity index (χ1) is 10.9. The molecule has 0 unspecified atom stereocenters. The van der Waals surface area contributed by atoms with Crippen LogP contribution in [0.2, 0.25) is 0 Å². The number of carbonyl (C=O) groups excluding carboxylic acids is 2. The Labute approximate surface area is 132 Å². The monoisotopic (exact) mass is 312 g/mol. The predicted molar refractivity (Wildman–Crippen MR) is 85.7 cm³/mol. The molecule has 2 aromatic heterocycles. The van der Waals surface area contributed by atoms with Crippen molar-refractivity contribution in [1.29, 1.82) is 0 Å². The molecule has 0 radical (unpaired) electrons. The zero-order valence-corrected chi connectivity index (χ0v) is 13.0. The minimum atomic E-state index is -0.651. The van der Waals surface area contributed by atoms with Crippen molar-refractivity contribution in [2.45, 2.75) is 26.4 Å². The van der Waals surface area contributed by atoms with Crippen LogP contribution in [-0.2, 0) is 4.74 Å². The van der Waals surface area contributed by atoms with E-state index in [0.717, 1.165) is 11.0 Å². The van der Waals surface area contributed by atoms with Crippen LogP contribution >= 0.6 is 0 Å². The Morgan fingerprint density at radius 3 is 2.70 bits per heavy atom. The Balaban J connectivity index is 2.11. The molecule has 0 aliphatic heterocycles. The van der Waals surface area contributed by atoms with Crippen LogP contribution in [0.1, 0.15) is 31.3 Å². The average molecular weight is 312 g/mol. The van der Waals surface area contributed by atoms with Gasteiger partial charge in [-0.25, -0.2) is 14.8 Å². The normalized spacial score (nSPS) is 11.6. The maximum absolute atomic E-state index is 12.0. The maximum Gasteiger partial charge on any atom is 0.413 e. The van der Waals surface area contributed by atoms with Gasteiger partial charge in [0.05, 0.1) is 11.0 Å². The zero-order valence-electron chi connectivity index (χ0n) is 13.0. The van der Waals surface area contributed by atoms with E-state index in [9.17, 15) is 9.59 Å². The van der Waals surface area contributed by atoms with E-state index >= 15 is 0 Å². The van der Waals surface area contributed by atoms with E-state index in [2.05, 4.69) is 15.3 Å². The Hall–Kier alpha value is -2.96. The molecule has 0 bridgehead atoms. The lowest BCUT2D eigenvalue weighted by atomic mass is 10.2. The van der Waals surface area contributed by atoms with E-state index in [1.54, 1.807) is 31.4 Å². The van der Waals surface area contributed by atoms with Crippen molar-refractivity contribution in [2.75, 3.05) is 5.32 Å². The molecule has 0 aliphatic rings. The van der Waals surface area contributed by atoms with Gasteiger partial charge in [-0.2, -0.15) is 0 Å². The van der Waals surface area contributed by atoms with Gasteiger partial charge in [-0.15, -0.1) is 0 Å². The van der Waals surface area contributed by atoms with Gasteiger partial charge in [0.2, 0.25) is 0 Å². The van der Waals surface area contributed by atoms with Crippen LogP contribution in [0.4, 0.5) is 10.6 Å². The fourth-order valence-electron chi connectivity index (χ4n) is 2.22. The smallest absolute Gasteiger partial charge is 0.413 e. The number of anilines is 1. The molecule has 7 nitrogen and oxygen atoms in total. The topological polar surface area (TPSA) is 85.6 Å². The summed E-state index contributed by atoms with van der Waals surface area (Å²) >= 11 is 0. The summed E-state index contributed by atoms with van der Waals surface area (Å²) in [4.78, 5) is 31.7. The summed E-state index contributed by atoms with van der Waals surface area (Å²) in [6, 6.07) is 7.46. The number of carbonyl (C=O) groups is 2. The second-order valence-corrected chi connectivity index (χ2v) is 6.05. The molecule has 3 rings (SSSR count). The number of hydrogen-bond donors (Lipinski definition) is 1. The molecule has 118 valence electrons. The number of nitrogens with one attached hydrogen (secondary N) is 1. The highest BCUT2D eigenvalue weighted by atomic mass is 16.6. The largest absolute Gasteiger partial charge is 0.444 e. The molecule has 2 heterocycles. The van der Waals surface area contributed by atoms with Gasteiger partial charge in [0.25, 0.3) is 0 Å². The number of amides is 1. The molecule has 0 saturated heterocycles. The van der Waals surface area contributed by atoms with Crippen molar-refractivity contribution in [1.82, 2.24) is 14.4 Å². The summed E-state index contributed by atoms with van der Waals surface area (Å²) in [6.07, 6.45) is 1.55. The first-order valence-corrected chi connectivity index (χ1v) is 7.10. The first-order valence-electron chi connectivity index (χ1n) is 7.10. The average Bonchev–Trinajstić information content (AvgIpc) is 2.84. The second-order valence-electron chi connectivity index (χ2n) is 6.05. The molecular weight excluding hydrogens is 296 g/mol. The van der Waals surface area contributed by atoms with Gasteiger partial charge in [0.15, 0.2) is 17.8 Å². The Morgan fingerprint density at radius 2 is 2.00 bits per heavy atom. The third kappa shape index (κ3) is 2.98. The molecule has 7 heteroatoms. The van der Waals surface area contributed by atoms with Gasteiger partial charge < -0.3 is 4.74 Å². The lowest BCUT2D eigenvalue weighted by Crippen LogP contribution is -2.27. The number of ether oxygens (including phenoxy) is 1. The number of fused-ring (bicyclic) bond motifs is 3. The van der Waals surface area contributed by atoms with Gasteiger partial charge in [-0.3, -0.25) is 14.5 Å². The quantitative estimate of drug-likeness (QED) is 0.735. The number of aromatic nitrogens is 3. The molecular formula is C16H16N4O3. The van der Waals surface area contributed by atoms with Crippen LogP contribution in [0.15, 0.2) is 30.5 Å². The number of benzene rings is 1. The highest BCUT2D eigenvalue weighted by Gasteiger charge is 2.19. The van der Waals surface area contributed by atoms with E-state index in [1.165, 1.54) is 0 Å². The third-order valence-electron chi connectivity index (χ3n) is 3.05. The van der Waals surface area contributed by atoms with Crippen molar-refractivity contribution >= 4 is 34.9 Å². The summed E-state index contributed by atoms with van der Waals surface area (Å²) in [7, 11) is 0. The molecule has 0 fully saturated rings. The number of rotatable bonds is 2. The second kappa shape index (κ2) is 5.35. The van der Waals surface area contributed by atoms with E-state index < -0.39 is 11.7 Å². The van der Waals surface area contributed by atoms with Gasteiger partial charge >= 0.3 is 6.09 Å². The summed E-state index contributed by atoms with van der Waals surface area (Å²) in [5, 5.41) is 2.56. The zero-order chi connectivity index (χ0) is 16.6. The van der Waals surface area contributed by atoms with Crippen molar-refractivity contribution in [2.24, 2.45) is 0 Å². The van der Waals surface area contributed by atoms with E-state index in [-0.39, 0.29) is 11.5 Å². The number of imidazole rings is 1. The van der Waals surface area contributed by atoms with Crippen LogP contribution in [-0.4, -0.2) is 32.3 Å². The molecule has 1 aromatic carbocycles. The third-order valence-corrected chi connectivity index (χ3v) is 3.05. The molecule has 0 atom stereocenters. The SMILES string of the molecule is CC(C)(C)OC(=O)Nc1nc(C=O)cn2c1nc1ccccc12. The maximum atomic E-state index is 12.0. The van der Waals surface area contributed by atoms with Crippen LogP contribution in [0.5, 0.6) is 0 Å². The highest BCUT2D eigenvalue weighted by Crippen LogP contribution is 2.22. The predicted octanol–water partition coefficient (Wildman–Crippen LogP) is 3.04. The molecule has 23 heavy (non-hydrogen) atoms. The Bertz CT molecular complexity index is 909. The number of hydrogen-bond acceptors (Lipinski definition) is 5. The van der Waals surface area contributed by atoms with Gasteiger partial charge in [-0.05, 0) is 32.9 Å². The number of para-hydroxylation sites is 2. The lowest BCUT2D eigenvalue weighted by molar-refractivity contribution is 0.0635. The van der Waals surface area contributed by atoms with Crippen LogP contribution in [0.25, 0.3) is 16.7 Å². The van der Waals surface area contributed by atoms with Crippen molar-refractivity contribution in [3.63, 3.8) is 0 Å². The molecule has 3 aromatic rings. The summed E-state index contributed by atoms with van der Waals surface area (Å²) in [5.41, 5.74) is 1.56. The Kier molecular flexibility index (Phi) is 3.48. The molecule has 0 saturated carbocycles. The summed E-state index contributed by atoms with van der Waals surface area (Å²) in [5.74, 6) is 0.181. The highest BCUT2D eigenvalue weighted by molar-refractivity contribution is 5.92. The van der Waals surface area contributed by atoms with Crippen LogP contribution in [0, 0.1) is 0 Å². The lowest BCUT2D eigenvalue weighted by Gasteiger charge is -2.19. The summed E-state index contributed by atoms with van der Waals surface area (Å²) < 4.78 is 6.94. The minimum absolute atomic E-state index is 0.181. The van der Waals surface area contributed by atoms with Gasteiger partial charge in [0, 0.05) is 6.20 Å². The first kappa shape index (κ1) is 15.0. The minimum Gasteiger partial charge on any atom is -0.444 e.